The van der Waals surface area contributed by atoms with E-state index in [-0.39, 0.29) is 6.04 Å². The van der Waals surface area contributed by atoms with Crippen LogP contribution in [0.4, 0.5) is 0 Å². The van der Waals surface area contributed by atoms with Crippen LogP contribution >= 0.6 is 0 Å². The van der Waals surface area contributed by atoms with Crippen molar-refractivity contribution < 1.29 is 4.79 Å². The molecule has 1 aromatic heterocycles. The lowest BCUT2D eigenvalue weighted by atomic mass is 10.0. The molecular weight excluding hydrogens is 176 g/mol. The Balaban J connectivity index is 2.17. The van der Waals surface area contributed by atoms with Crippen molar-refractivity contribution in [3.05, 3.63) is 29.6 Å². The number of nitrogens with zero attached hydrogens (tertiary/aromatic N) is 1. The van der Waals surface area contributed by atoms with E-state index in [0.29, 0.717) is 18.6 Å². The highest BCUT2D eigenvalue weighted by Crippen LogP contribution is 2.19. The molecule has 0 spiro atoms. The molecule has 0 amide bonds. The van der Waals surface area contributed by atoms with Gasteiger partial charge in [-0.3, -0.25) is 9.78 Å². The van der Waals surface area contributed by atoms with Crippen LogP contribution in [-0.4, -0.2) is 17.3 Å². The van der Waals surface area contributed by atoms with Crippen LogP contribution in [-0.2, 0) is 4.79 Å². The minimum absolute atomic E-state index is 0.121. The fraction of sp³-hybridized carbons (Fsp3) is 0.455. The second-order valence-corrected chi connectivity index (χ2v) is 3.70. The molecule has 1 aliphatic heterocycles. The Morgan fingerprint density at radius 2 is 2.36 bits per heavy atom. The highest BCUT2D eigenvalue weighted by atomic mass is 16.1. The molecule has 3 nitrogen and oxygen atoms in total. The van der Waals surface area contributed by atoms with Crippen molar-refractivity contribution in [2.45, 2.75) is 25.8 Å². The maximum Gasteiger partial charge on any atom is 0.136 e. The molecule has 1 atom stereocenters. The summed E-state index contributed by atoms with van der Waals surface area (Å²) in [5.74, 6) is 0.331. The first kappa shape index (κ1) is 9.34. The summed E-state index contributed by atoms with van der Waals surface area (Å²) in [7, 11) is 0. The number of hydrogen-bond donors (Lipinski definition) is 1. The number of rotatable bonds is 1. The lowest BCUT2D eigenvalue weighted by Crippen LogP contribution is -2.32. The molecule has 1 fully saturated rings. The van der Waals surface area contributed by atoms with E-state index in [2.05, 4.69) is 10.3 Å². The van der Waals surface area contributed by atoms with Crippen LogP contribution in [0.2, 0.25) is 0 Å². The van der Waals surface area contributed by atoms with Crippen LogP contribution in [0, 0.1) is 6.92 Å². The molecule has 2 rings (SSSR count). The van der Waals surface area contributed by atoms with Crippen molar-refractivity contribution in [3.8, 4) is 0 Å². The first-order valence-corrected chi connectivity index (χ1v) is 4.94. The monoisotopic (exact) mass is 190 g/mol. The second kappa shape index (κ2) is 3.88. The number of hydrogen-bond acceptors (Lipinski definition) is 3. The number of carbonyl (C=O) groups excluding carboxylic acids is 1. The Kier molecular flexibility index (Phi) is 2.59. The first-order valence-electron chi connectivity index (χ1n) is 4.94. The van der Waals surface area contributed by atoms with Crippen LogP contribution in [0.5, 0.6) is 0 Å². The van der Waals surface area contributed by atoms with Gasteiger partial charge in [0.15, 0.2) is 0 Å². The van der Waals surface area contributed by atoms with Crippen molar-refractivity contribution in [2.75, 3.05) is 6.54 Å². The number of nitrogens with one attached hydrogen (secondary N) is 1. The van der Waals surface area contributed by atoms with Crippen LogP contribution < -0.4 is 5.32 Å². The van der Waals surface area contributed by atoms with Gasteiger partial charge in [0.25, 0.3) is 0 Å². The summed E-state index contributed by atoms with van der Waals surface area (Å²) in [5.41, 5.74) is 1.99. The predicted octanol–water partition coefficient (Wildman–Crippen LogP) is 1.38. The Morgan fingerprint density at radius 1 is 1.50 bits per heavy atom. The maximum atomic E-state index is 11.3. The molecule has 1 aliphatic rings. The summed E-state index contributed by atoms with van der Waals surface area (Å²) in [4.78, 5) is 15.7. The summed E-state index contributed by atoms with van der Waals surface area (Å²) in [5, 5.41) is 3.31. The summed E-state index contributed by atoms with van der Waals surface area (Å²) >= 11 is 0. The van der Waals surface area contributed by atoms with Gasteiger partial charge in [-0.05, 0) is 19.1 Å². The van der Waals surface area contributed by atoms with Crippen LogP contribution in [0.25, 0.3) is 0 Å². The molecule has 74 valence electrons. The SMILES string of the molecule is Cc1cccc(C2CC(=O)CCN2)n1. The molecule has 1 aromatic rings. The van der Waals surface area contributed by atoms with Gasteiger partial charge in [-0.2, -0.15) is 0 Å². The van der Waals surface area contributed by atoms with E-state index in [9.17, 15) is 4.79 Å². The van der Waals surface area contributed by atoms with Gasteiger partial charge in [0, 0.05) is 25.1 Å². The summed E-state index contributed by atoms with van der Waals surface area (Å²) in [6.45, 7) is 2.74. The van der Waals surface area contributed by atoms with Gasteiger partial charge in [0.1, 0.15) is 5.78 Å². The van der Waals surface area contributed by atoms with Crippen LogP contribution in [0.3, 0.4) is 0 Å². The number of aromatic nitrogens is 1. The molecule has 2 heterocycles. The molecule has 1 unspecified atom stereocenters. The molecule has 0 radical (unpaired) electrons. The first-order chi connectivity index (χ1) is 6.75. The number of carbonyl (C=O) groups is 1. The van der Waals surface area contributed by atoms with E-state index in [1.807, 2.05) is 25.1 Å². The van der Waals surface area contributed by atoms with Gasteiger partial charge in [0.2, 0.25) is 0 Å². The van der Waals surface area contributed by atoms with Gasteiger partial charge in [0.05, 0.1) is 11.7 Å². The highest BCUT2D eigenvalue weighted by molar-refractivity contribution is 5.80. The number of piperidine rings is 1. The van der Waals surface area contributed by atoms with Gasteiger partial charge in [-0.15, -0.1) is 0 Å². The standard InChI is InChI=1S/C11H14N2O/c1-8-3-2-4-10(13-8)11-7-9(14)5-6-12-11/h2-4,11-12H,5-7H2,1H3. The van der Waals surface area contributed by atoms with E-state index >= 15 is 0 Å². The third kappa shape index (κ3) is 1.99. The maximum absolute atomic E-state index is 11.3. The van der Waals surface area contributed by atoms with Crippen molar-refractivity contribution in [1.82, 2.24) is 10.3 Å². The van der Waals surface area contributed by atoms with Gasteiger partial charge < -0.3 is 5.32 Å². The molecule has 3 heteroatoms. The third-order valence-corrected chi connectivity index (χ3v) is 2.49. The van der Waals surface area contributed by atoms with E-state index in [1.54, 1.807) is 0 Å². The highest BCUT2D eigenvalue weighted by Gasteiger charge is 2.20. The Labute approximate surface area is 83.5 Å². The Bertz CT molecular complexity index is 349. The summed E-state index contributed by atoms with van der Waals surface area (Å²) in [6.07, 6.45) is 1.23. The predicted molar refractivity (Wildman–Crippen MR) is 54.0 cm³/mol. The average Bonchev–Trinajstić information content (AvgIpc) is 2.18. The number of aryl methyl sites for hydroxylation is 1. The van der Waals surface area contributed by atoms with Crippen molar-refractivity contribution in [1.29, 1.82) is 0 Å². The lowest BCUT2D eigenvalue weighted by Gasteiger charge is -2.22. The van der Waals surface area contributed by atoms with Crippen molar-refractivity contribution in [2.24, 2.45) is 0 Å². The molecule has 0 aromatic carbocycles. The Hall–Kier alpha value is -1.22. The summed E-state index contributed by atoms with van der Waals surface area (Å²) in [6, 6.07) is 6.05. The second-order valence-electron chi connectivity index (χ2n) is 3.70. The minimum Gasteiger partial charge on any atom is -0.308 e. The molecule has 0 bridgehead atoms. The van der Waals surface area contributed by atoms with Gasteiger partial charge in [-0.1, -0.05) is 6.07 Å². The fourth-order valence-electron chi connectivity index (χ4n) is 1.76. The van der Waals surface area contributed by atoms with Crippen molar-refractivity contribution in [3.63, 3.8) is 0 Å². The van der Waals surface area contributed by atoms with Crippen molar-refractivity contribution >= 4 is 5.78 Å². The zero-order valence-electron chi connectivity index (χ0n) is 8.29. The normalized spacial score (nSPS) is 22.4. The zero-order chi connectivity index (χ0) is 9.97. The minimum atomic E-state index is 0.121. The molecule has 1 saturated heterocycles. The number of Topliss-reactive ketones (excluding diaryl/α,β-unsaturated/α-hetero) is 1. The lowest BCUT2D eigenvalue weighted by molar-refractivity contribution is -0.120. The van der Waals surface area contributed by atoms with E-state index in [1.165, 1.54) is 0 Å². The van der Waals surface area contributed by atoms with E-state index in [0.717, 1.165) is 17.9 Å². The van der Waals surface area contributed by atoms with E-state index in [4.69, 9.17) is 0 Å². The number of pyridine rings is 1. The fourth-order valence-corrected chi connectivity index (χ4v) is 1.76. The van der Waals surface area contributed by atoms with Gasteiger partial charge in [-0.25, -0.2) is 0 Å². The summed E-state index contributed by atoms with van der Waals surface area (Å²) < 4.78 is 0. The van der Waals surface area contributed by atoms with E-state index < -0.39 is 0 Å². The molecule has 1 N–H and O–H groups in total. The van der Waals surface area contributed by atoms with Crippen LogP contribution in [0.15, 0.2) is 18.2 Å². The molecule has 0 saturated carbocycles. The molecule has 14 heavy (non-hydrogen) atoms. The molecular formula is C11H14N2O. The average molecular weight is 190 g/mol. The van der Waals surface area contributed by atoms with Crippen LogP contribution in [0.1, 0.15) is 30.3 Å². The zero-order valence-corrected chi connectivity index (χ0v) is 8.29. The quantitative estimate of drug-likeness (QED) is 0.727. The smallest absolute Gasteiger partial charge is 0.136 e. The topological polar surface area (TPSA) is 42.0 Å². The number of ketones is 1. The Morgan fingerprint density at radius 3 is 3.07 bits per heavy atom. The third-order valence-electron chi connectivity index (χ3n) is 2.49. The molecule has 0 aliphatic carbocycles. The van der Waals surface area contributed by atoms with Gasteiger partial charge >= 0.3 is 0 Å². The largest absolute Gasteiger partial charge is 0.308 e.